The van der Waals surface area contributed by atoms with Crippen LogP contribution >= 0.6 is 0 Å². The van der Waals surface area contributed by atoms with Gasteiger partial charge in [0.25, 0.3) is 0 Å². The third-order valence-electron chi connectivity index (χ3n) is 2.91. The maximum absolute atomic E-state index is 13.6. The molecule has 0 bridgehead atoms. The Morgan fingerprint density at radius 1 is 1.33 bits per heavy atom. The fourth-order valence-electron chi connectivity index (χ4n) is 2.08. The van der Waals surface area contributed by atoms with Crippen molar-refractivity contribution in [3.63, 3.8) is 0 Å². The molecule has 0 spiro atoms. The van der Waals surface area contributed by atoms with Crippen LogP contribution in [0.15, 0.2) is 12.1 Å². The molecule has 1 atom stereocenters. The Labute approximate surface area is 88.1 Å². The van der Waals surface area contributed by atoms with Gasteiger partial charge in [-0.2, -0.15) is 0 Å². The molecule has 0 saturated heterocycles. The van der Waals surface area contributed by atoms with Crippen LogP contribution in [-0.4, -0.2) is 6.61 Å². The summed E-state index contributed by atoms with van der Waals surface area (Å²) in [5.41, 5.74) is 1.29. The molecular weight excluding hydrogens is 198 g/mol. The van der Waals surface area contributed by atoms with Crippen LogP contribution in [0.25, 0.3) is 0 Å². The first-order valence-corrected chi connectivity index (χ1v) is 5.15. The van der Waals surface area contributed by atoms with Gasteiger partial charge in [-0.1, -0.05) is 13.8 Å². The summed E-state index contributed by atoms with van der Waals surface area (Å²) in [7, 11) is 0. The summed E-state index contributed by atoms with van der Waals surface area (Å²) in [5.74, 6) is -0.635. The number of ether oxygens (including phenoxy) is 1. The average molecular weight is 212 g/mol. The van der Waals surface area contributed by atoms with Crippen LogP contribution in [-0.2, 0) is 11.3 Å². The third kappa shape index (κ3) is 1.88. The molecule has 82 valence electrons. The Hall–Kier alpha value is -0.960. The summed E-state index contributed by atoms with van der Waals surface area (Å²) < 4.78 is 32.0. The van der Waals surface area contributed by atoms with E-state index in [1.54, 1.807) is 0 Å². The quantitative estimate of drug-likeness (QED) is 0.694. The van der Waals surface area contributed by atoms with Crippen molar-refractivity contribution in [2.24, 2.45) is 5.92 Å². The van der Waals surface area contributed by atoms with Gasteiger partial charge < -0.3 is 4.74 Å². The summed E-state index contributed by atoms with van der Waals surface area (Å²) in [6.07, 6.45) is 0. The van der Waals surface area contributed by atoms with Crippen molar-refractivity contribution >= 4 is 0 Å². The van der Waals surface area contributed by atoms with E-state index in [1.807, 2.05) is 13.8 Å². The van der Waals surface area contributed by atoms with Crippen LogP contribution in [0.3, 0.4) is 0 Å². The molecule has 0 amide bonds. The predicted octanol–water partition coefficient (Wildman–Crippen LogP) is 3.23. The maximum atomic E-state index is 13.6. The summed E-state index contributed by atoms with van der Waals surface area (Å²) in [5, 5.41) is 0. The van der Waals surface area contributed by atoms with Gasteiger partial charge >= 0.3 is 0 Å². The highest BCUT2D eigenvalue weighted by atomic mass is 19.1. The van der Waals surface area contributed by atoms with Gasteiger partial charge in [0, 0.05) is 12.0 Å². The zero-order valence-electron chi connectivity index (χ0n) is 8.89. The zero-order chi connectivity index (χ0) is 11.0. The van der Waals surface area contributed by atoms with Gasteiger partial charge in [0.05, 0.1) is 13.2 Å². The average Bonchev–Trinajstić information content (AvgIpc) is 2.16. The van der Waals surface area contributed by atoms with E-state index in [9.17, 15) is 8.78 Å². The molecule has 1 heterocycles. The molecule has 0 saturated carbocycles. The van der Waals surface area contributed by atoms with E-state index >= 15 is 0 Å². The van der Waals surface area contributed by atoms with E-state index in [0.29, 0.717) is 30.3 Å². The van der Waals surface area contributed by atoms with Crippen molar-refractivity contribution < 1.29 is 13.5 Å². The molecule has 0 unspecified atom stereocenters. The minimum atomic E-state index is -0.528. The topological polar surface area (TPSA) is 9.23 Å². The normalized spacial score (nSPS) is 20.5. The number of hydrogen-bond acceptors (Lipinski definition) is 1. The molecular formula is C12H14F2O. The van der Waals surface area contributed by atoms with E-state index in [0.717, 1.165) is 6.07 Å². The van der Waals surface area contributed by atoms with Crippen molar-refractivity contribution in [1.29, 1.82) is 0 Å². The molecule has 1 aliphatic rings. The highest BCUT2D eigenvalue weighted by Crippen LogP contribution is 2.34. The Balaban J connectivity index is 2.51. The van der Waals surface area contributed by atoms with Crippen molar-refractivity contribution in [3.8, 4) is 0 Å². The van der Waals surface area contributed by atoms with Crippen LogP contribution in [0.5, 0.6) is 0 Å². The Morgan fingerprint density at radius 2 is 2.07 bits per heavy atom. The molecule has 3 heteroatoms. The lowest BCUT2D eigenvalue weighted by Gasteiger charge is -2.28. The largest absolute Gasteiger partial charge is 0.376 e. The van der Waals surface area contributed by atoms with E-state index in [4.69, 9.17) is 4.74 Å². The number of hydrogen-bond donors (Lipinski definition) is 0. The SMILES string of the molecule is CC(C)[C@@H]1COCc2cc(F)cc(F)c21. The summed E-state index contributed by atoms with van der Waals surface area (Å²) in [4.78, 5) is 0. The zero-order valence-corrected chi connectivity index (χ0v) is 8.89. The summed E-state index contributed by atoms with van der Waals surface area (Å²) in [6, 6.07) is 2.33. The Kier molecular flexibility index (Phi) is 2.74. The molecule has 2 rings (SSSR count). The maximum Gasteiger partial charge on any atom is 0.130 e. The smallest absolute Gasteiger partial charge is 0.130 e. The van der Waals surface area contributed by atoms with Crippen molar-refractivity contribution in [2.45, 2.75) is 26.4 Å². The molecule has 0 aliphatic carbocycles. The standard InChI is InChI=1S/C12H14F2O/c1-7(2)10-6-15-5-8-3-9(13)4-11(14)12(8)10/h3-4,7,10H,5-6H2,1-2H3/t10-/m0/s1. The number of halogens is 2. The summed E-state index contributed by atoms with van der Waals surface area (Å²) >= 11 is 0. The minimum Gasteiger partial charge on any atom is -0.376 e. The summed E-state index contributed by atoms with van der Waals surface area (Å²) in [6.45, 7) is 4.87. The van der Waals surface area contributed by atoms with Crippen LogP contribution in [0.1, 0.15) is 30.9 Å². The van der Waals surface area contributed by atoms with Crippen LogP contribution in [0, 0.1) is 17.6 Å². The van der Waals surface area contributed by atoms with E-state index < -0.39 is 11.6 Å². The fraction of sp³-hybridized carbons (Fsp3) is 0.500. The molecule has 0 N–H and O–H groups in total. The van der Waals surface area contributed by atoms with Crippen LogP contribution in [0.4, 0.5) is 8.78 Å². The van der Waals surface area contributed by atoms with Gasteiger partial charge in [0.2, 0.25) is 0 Å². The second-order valence-electron chi connectivity index (χ2n) is 4.33. The van der Waals surface area contributed by atoms with Crippen LogP contribution in [0.2, 0.25) is 0 Å². The highest BCUT2D eigenvalue weighted by Gasteiger charge is 2.27. The molecule has 1 nitrogen and oxygen atoms in total. The lowest BCUT2D eigenvalue weighted by molar-refractivity contribution is 0.0770. The first kappa shape index (κ1) is 10.6. The van der Waals surface area contributed by atoms with Gasteiger partial charge in [-0.05, 0) is 23.1 Å². The Bertz CT molecular complexity index is 374. The second kappa shape index (κ2) is 3.89. The fourth-order valence-corrected chi connectivity index (χ4v) is 2.08. The van der Waals surface area contributed by atoms with E-state index in [2.05, 4.69) is 0 Å². The molecule has 1 aromatic carbocycles. The second-order valence-corrected chi connectivity index (χ2v) is 4.33. The Morgan fingerprint density at radius 3 is 2.73 bits per heavy atom. The van der Waals surface area contributed by atoms with Crippen LogP contribution < -0.4 is 0 Å². The monoisotopic (exact) mass is 212 g/mol. The van der Waals surface area contributed by atoms with E-state index in [1.165, 1.54) is 6.07 Å². The third-order valence-corrected chi connectivity index (χ3v) is 2.91. The van der Waals surface area contributed by atoms with Gasteiger partial charge in [-0.25, -0.2) is 8.78 Å². The number of rotatable bonds is 1. The van der Waals surface area contributed by atoms with Crippen molar-refractivity contribution in [1.82, 2.24) is 0 Å². The van der Waals surface area contributed by atoms with E-state index in [-0.39, 0.29) is 5.92 Å². The highest BCUT2D eigenvalue weighted by molar-refractivity contribution is 5.34. The molecule has 1 aliphatic heterocycles. The molecule has 0 radical (unpaired) electrons. The van der Waals surface area contributed by atoms with Gasteiger partial charge in [-0.3, -0.25) is 0 Å². The van der Waals surface area contributed by atoms with Gasteiger partial charge in [0.15, 0.2) is 0 Å². The molecule has 0 fully saturated rings. The van der Waals surface area contributed by atoms with Gasteiger partial charge in [-0.15, -0.1) is 0 Å². The molecule has 1 aromatic rings. The van der Waals surface area contributed by atoms with Gasteiger partial charge in [0.1, 0.15) is 11.6 Å². The lowest BCUT2D eigenvalue weighted by atomic mass is 9.84. The number of benzene rings is 1. The molecule has 0 aromatic heterocycles. The van der Waals surface area contributed by atoms with Crippen molar-refractivity contribution in [2.75, 3.05) is 6.61 Å². The predicted molar refractivity (Wildman–Crippen MR) is 53.6 cm³/mol. The van der Waals surface area contributed by atoms with Crippen molar-refractivity contribution in [3.05, 3.63) is 34.9 Å². The molecule has 15 heavy (non-hydrogen) atoms. The minimum absolute atomic E-state index is 0.0364. The first-order chi connectivity index (χ1) is 7.09. The number of fused-ring (bicyclic) bond motifs is 1. The first-order valence-electron chi connectivity index (χ1n) is 5.15. The lowest BCUT2D eigenvalue weighted by Crippen LogP contribution is -2.22.